The van der Waals surface area contributed by atoms with Crippen LogP contribution in [0.1, 0.15) is 84.0 Å². The maximum Gasteiger partial charge on any atom is 0.0879 e. The molecule has 0 aliphatic heterocycles. The molecule has 0 unspecified atom stereocenters. The van der Waals surface area contributed by atoms with Gasteiger partial charge in [0.15, 0.2) is 0 Å². The topological polar surface area (TPSA) is 46.2 Å². The molecule has 0 fully saturated rings. The lowest BCUT2D eigenvalue weighted by Crippen LogP contribution is -2.34. The van der Waals surface area contributed by atoms with Crippen LogP contribution in [0.5, 0.6) is 0 Å². The predicted molar refractivity (Wildman–Crippen MR) is 98.1 cm³/mol. The monoisotopic (exact) mass is 315 g/mol. The third kappa shape index (κ3) is 14.7. The molecule has 0 rings (SSSR count). The van der Waals surface area contributed by atoms with Crippen molar-refractivity contribution in [3.63, 3.8) is 0 Å². The van der Waals surface area contributed by atoms with Gasteiger partial charge in [0.2, 0.25) is 0 Å². The van der Waals surface area contributed by atoms with Crippen molar-refractivity contribution in [2.24, 2.45) is 5.73 Å². The molecule has 3 heteroatoms. The van der Waals surface area contributed by atoms with Crippen LogP contribution in [0.4, 0.5) is 0 Å². The zero-order valence-electron chi connectivity index (χ0n) is 14.0. The van der Waals surface area contributed by atoms with Gasteiger partial charge < -0.3 is 10.8 Å². The summed E-state index contributed by atoms with van der Waals surface area (Å²) in [5, 5.41) is 9.63. The molecule has 0 radical (unpaired) electrons. The summed E-state index contributed by atoms with van der Waals surface area (Å²) >= 11 is 4.08. The van der Waals surface area contributed by atoms with E-state index >= 15 is 0 Å². The van der Waals surface area contributed by atoms with E-state index in [-0.39, 0.29) is 6.04 Å². The molecule has 0 heterocycles. The van der Waals surface area contributed by atoms with Crippen molar-refractivity contribution in [2.45, 2.75) is 96.1 Å². The summed E-state index contributed by atoms with van der Waals surface area (Å²) < 4.78 is 0. The minimum atomic E-state index is -0.546. The highest BCUT2D eigenvalue weighted by Gasteiger charge is 2.07. The highest BCUT2D eigenvalue weighted by molar-refractivity contribution is 7.80. The van der Waals surface area contributed by atoms with E-state index in [1.54, 1.807) is 0 Å². The summed E-state index contributed by atoms with van der Waals surface area (Å²) in [5.74, 6) is 0.518. The van der Waals surface area contributed by atoms with E-state index in [9.17, 15) is 5.11 Å². The van der Waals surface area contributed by atoms with E-state index in [1.807, 2.05) is 6.08 Å². The van der Waals surface area contributed by atoms with Crippen LogP contribution in [0.2, 0.25) is 0 Å². The Labute approximate surface area is 138 Å². The lowest BCUT2D eigenvalue weighted by molar-refractivity contribution is 0.200. The lowest BCUT2D eigenvalue weighted by atomic mass is 10.0. The average Bonchev–Trinajstić information content (AvgIpc) is 2.50. The van der Waals surface area contributed by atoms with Crippen molar-refractivity contribution < 1.29 is 5.11 Å². The SMILES string of the molecule is CCCCCCCCCCCCC/C=C/[C@@H](O)[C@@H](N)CS. The second-order valence-corrected chi connectivity index (χ2v) is 6.45. The first-order valence-corrected chi connectivity index (χ1v) is 9.56. The van der Waals surface area contributed by atoms with E-state index in [0.29, 0.717) is 5.75 Å². The highest BCUT2D eigenvalue weighted by atomic mass is 32.1. The number of unbranched alkanes of at least 4 members (excludes halogenated alkanes) is 11. The van der Waals surface area contributed by atoms with Crippen LogP contribution in [0.15, 0.2) is 12.2 Å². The van der Waals surface area contributed by atoms with Crippen molar-refractivity contribution in [3.8, 4) is 0 Å². The number of hydrogen-bond donors (Lipinski definition) is 3. The number of aliphatic hydroxyl groups excluding tert-OH is 1. The Morgan fingerprint density at radius 2 is 1.38 bits per heavy atom. The number of aliphatic hydroxyl groups is 1. The van der Waals surface area contributed by atoms with Gasteiger partial charge in [0.1, 0.15) is 0 Å². The molecule has 0 saturated heterocycles. The Hall–Kier alpha value is 0.0100. The molecule has 0 amide bonds. The van der Waals surface area contributed by atoms with Gasteiger partial charge in [-0.3, -0.25) is 0 Å². The molecular weight excluding hydrogens is 278 g/mol. The molecule has 0 bridgehead atoms. The molecule has 126 valence electrons. The van der Waals surface area contributed by atoms with Crippen LogP contribution in [0, 0.1) is 0 Å². The molecule has 0 aromatic rings. The van der Waals surface area contributed by atoms with E-state index < -0.39 is 6.10 Å². The third-order valence-electron chi connectivity index (χ3n) is 3.96. The van der Waals surface area contributed by atoms with Crippen LogP contribution in [0.3, 0.4) is 0 Å². The molecule has 2 atom stereocenters. The van der Waals surface area contributed by atoms with E-state index in [4.69, 9.17) is 5.73 Å². The minimum absolute atomic E-state index is 0.248. The van der Waals surface area contributed by atoms with Crippen molar-refractivity contribution >= 4 is 12.6 Å². The van der Waals surface area contributed by atoms with Crippen LogP contribution >= 0.6 is 12.6 Å². The molecule has 2 nitrogen and oxygen atoms in total. The molecular formula is C18H37NOS. The first-order chi connectivity index (χ1) is 10.2. The van der Waals surface area contributed by atoms with Gasteiger partial charge in [0.05, 0.1) is 6.10 Å². The highest BCUT2D eigenvalue weighted by Crippen LogP contribution is 2.12. The summed E-state index contributed by atoms with van der Waals surface area (Å²) in [4.78, 5) is 0. The number of allylic oxidation sites excluding steroid dienone is 1. The Morgan fingerprint density at radius 3 is 1.86 bits per heavy atom. The van der Waals surface area contributed by atoms with Crippen LogP contribution in [-0.4, -0.2) is 23.0 Å². The maximum atomic E-state index is 9.63. The molecule has 0 aliphatic carbocycles. The zero-order chi connectivity index (χ0) is 15.8. The van der Waals surface area contributed by atoms with Gasteiger partial charge in [-0.1, -0.05) is 83.3 Å². The standard InChI is InChI=1S/C18H37NOS/c1-2-3-4-5-6-7-8-9-10-11-12-13-14-15-18(20)17(19)16-21/h14-15,17-18,20-21H,2-13,16,19H2,1H3/b15-14+/t17-,18+/m0/s1. The summed E-state index contributed by atoms with van der Waals surface area (Å²) in [5.41, 5.74) is 5.69. The van der Waals surface area contributed by atoms with Crippen LogP contribution in [0.25, 0.3) is 0 Å². The van der Waals surface area contributed by atoms with Gasteiger partial charge in [-0.15, -0.1) is 0 Å². The first-order valence-electron chi connectivity index (χ1n) is 8.93. The first kappa shape index (κ1) is 21.0. The largest absolute Gasteiger partial charge is 0.387 e. The lowest BCUT2D eigenvalue weighted by Gasteiger charge is -2.11. The summed E-state index contributed by atoms with van der Waals surface area (Å²) in [6.45, 7) is 2.27. The minimum Gasteiger partial charge on any atom is -0.387 e. The van der Waals surface area contributed by atoms with Crippen molar-refractivity contribution in [2.75, 3.05) is 5.75 Å². The number of hydrogen-bond acceptors (Lipinski definition) is 3. The van der Waals surface area contributed by atoms with E-state index in [0.717, 1.165) is 6.42 Å². The van der Waals surface area contributed by atoms with Crippen LogP contribution < -0.4 is 5.73 Å². The van der Waals surface area contributed by atoms with Gasteiger partial charge in [0, 0.05) is 11.8 Å². The fraction of sp³-hybridized carbons (Fsp3) is 0.889. The molecule has 0 aliphatic rings. The molecule has 0 spiro atoms. The van der Waals surface area contributed by atoms with Crippen LogP contribution in [-0.2, 0) is 0 Å². The quantitative estimate of drug-likeness (QED) is 0.229. The number of rotatable bonds is 15. The fourth-order valence-corrected chi connectivity index (χ4v) is 2.63. The molecule has 0 saturated carbocycles. The van der Waals surface area contributed by atoms with Crippen molar-refractivity contribution in [1.29, 1.82) is 0 Å². The van der Waals surface area contributed by atoms with Gasteiger partial charge in [-0.05, 0) is 12.8 Å². The second-order valence-electron chi connectivity index (χ2n) is 6.09. The number of nitrogens with two attached hydrogens (primary N) is 1. The third-order valence-corrected chi connectivity index (χ3v) is 4.38. The smallest absolute Gasteiger partial charge is 0.0879 e. The van der Waals surface area contributed by atoms with Gasteiger partial charge in [-0.25, -0.2) is 0 Å². The molecule has 3 N–H and O–H groups in total. The summed E-state index contributed by atoms with van der Waals surface area (Å²) in [7, 11) is 0. The van der Waals surface area contributed by atoms with Gasteiger partial charge in [-0.2, -0.15) is 12.6 Å². The fourth-order valence-electron chi connectivity index (χ4n) is 2.41. The van der Waals surface area contributed by atoms with Gasteiger partial charge >= 0.3 is 0 Å². The molecule has 21 heavy (non-hydrogen) atoms. The Balaban J connectivity index is 3.20. The Morgan fingerprint density at radius 1 is 0.905 bits per heavy atom. The summed E-state index contributed by atoms with van der Waals surface area (Å²) in [6, 6.07) is -0.248. The van der Waals surface area contributed by atoms with E-state index in [1.165, 1.54) is 70.6 Å². The predicted octanol–water partition coefficient (Wildman–Crippen LogP) is 4.86. The molecule has 0 aromatic heterocycles. The Bertz CT molecular complexity index is 233. The van der Waals surface area contributed by atoms with E-state index in [2.05, 4.69) is 25.6 Å². The van der Waals surface area contributed by atoms with Crippen molar-refractivity contribution in [3.05, 3.63) is 12.2 Å². The average molecular weight is 316 g/mol. The maximum absolute atomic E-state index is 9.63. The van der Waals surface area contributed by atoms with Crippen molar-refractivity contribution in [1.82, 2.24) is 0 Å². The normalized spacial score (nSPS) is 14.7. The van der Waals surface area contributed by atoms with Gasteiger partial charge in [0.25, 0.3) is 0 Å². The molecule has 0 aromatic carbocycles. The Kier molecular flexibility index (Phi) is 16.4. The zero-order valence-corrected chi connectivity index (χ0v) is 14.9. The second kappa shape index (κ2) is 16.4. The number of thiol groups is 1. The summed E-state index contributed by atoms with van der Waals surface area (Å²) in [6.07, 6.45) is 19.5.